The first-order valence-electron chi connectivity index (χ1n) is 6.08. The summed E-state index contributed by atoms with van der Waals surface area (Å²) in [7, 11) is -3.17. The van der Waals surface area contributed by atoms with Gasteiger partial charge in [-0.25, -0.2) is 13.1 Å². The van der Waals surface area contributed by atoms with Crippen molar-refractivity contribution in [1.82, 2.24) is 14.5 Å². The number of fused-ring (bicyclic) bond motifs is 1. The molecule has 0 radical (unpaired) electrons. The van der Waals surface area contributed by atoms with Crippen LogP contribution in [0, 0.1) is 0 Å². The molecule has 1 unspecified atom stereocenters. The maximum atomic E-state index is 11.5. The molecular weight excluding hydrogens is 238 g/mol. The van der Waals surface area contributed by atoms with Gasteiger partial charge in [-0.05, 0) is 39.2 Å². The predicted octanol–water partition coefficient (Wildman–Crippen LogP) is 1.22. The minimum atomic E-state index is -3.17. The second-order valence-corrected chi connectivity index (χ2v) is 6.53. The highest BCUT2D eigenvalue weighted by Gasteiger charge is 2.19. The number of sulfonamides is 1. The number of nitrogens with one attached hydrogen (secondary N) is 1. The van der Waals surface area contributed by atoms with Crippen molar-refractivity contribution in [3.8, 4) is 0 Å². The average Bonchev–Trinajstić information content (AvgIpc) is 2.72. The molecule has 0 saturated heterocycles. The van der Waals surface area contributed by atoms with Gasteiger partial charge in [-0.2, -0.15) is 5.10 Å². The van der Waals surface area contributed by atoms with E-state index < -0.39 is 10.0 Å². The Kier molecular flexibility index (Phi) is 3.53. The Morgan fingerprint density at radius 2 is 2.29 bits per heavy atom. The molecule has 0 spiro atoms. The molecule has 1 aromatic rings. The highest BCUT2D eigenvalue weighted by molar-refractivity contribution is 7.89. The van der Waals surface area contributed by atoms with Crippen LogP contribution in [-0.2, 0) is 23.0 Å². The van der Waals surface area contributed by atoms with Gasteiger partial charge in [0.05, 0.1) is 17.5 Å². The Balaban J connectivity index is 2.14. The molecule has 0 bridgehead atoms. The molecule has 0 fully saturated rings. The largest absolute Gasteiger partial charge is 0.269 e. The van der Waals surface area contributed by atoms with Gasteiger partial charge >= 0.3 is 0 Å². The van der Waals surface area contributed by atoms with Crippen LogP contribution in [0.1, 0.15) is 44.1 Å². The van der Waals surface area contributed by atoms with E-state index in [1.54, 1.807) is 6.92 Å². The molecule has 1 N–H and O–H groups in total. The lowest BCUT2D eigenvalue weighted by Gasteiger charge is -2.12. The summed E-state index contributed by atoms with van der Waals surface area (Å²) in [5.74, 6) is 0.102. The van der Waals surface area contributed by atoms with Gasteiger partial charge in [-0.15, -0.1) is 0 Å². The third-order valence-electron chi connectivity index (χ3n) is 3.12. The Hall–Kier alpha value is -0.880. The second-order valence-electron chi connectivity index (χ2n) is 4.48. The van der Waals surface area contributed by atoms with Gasteiger partial charge in [-0.3, -0.25) is 4.68 Å². The van der Waals surface area contributed by atoms with Gasteiger partial charge in [0.25, 0.3) is 0 Å². The minimum absolute atomic E-state index is 0.102. The monoisotopic (exact) mass is 257 g/mol. The van der Waals surface area contributed by atoms with Crippen LogP contribution in [0.3, 0.4) is 0 Å². The fourth-order valence-electron chi connectivity index (χ4n) is 2.06. The minimum Gasteiger partial charge on any atom is -0.269 e. The van der Waals surface area contributed by atoms with Crippen molar-refractivity contribution >= 4 is 10.0 Å². The molecular formula is C11H19N3O2S. The van der Waals surface area contributed by atoms with Crippen LogP contribution in [0.4, 0.5) is 0 Å². The molecule has 2 rings (SSSR count). The fraction of sp³-hybridized carbons (Fsp3) is 0.727. The van der Waals surface area contributed by atoms with Crippen molar-refractivity contribution in [3.05, 3.63) is 17.5 Å². The lowest BCUT2D eigenvalue weighted by Crippen LogP contribution is -2.28. The van der Waals surface area contributed by atoms with E-state index in [1.807, 2.05) is 17.7 Å². The maximum absolute atomic E-state index is 11.5. The fourth-order valence-corrected chi connectivity index (χ4v) is 2.89. The maximum Gasteiger partial charge on any atom is 0.211 e. The van der Waals surface area contributed by atoms with E-state index in [1.165, 1.54) is 12.1 Å². The van der Waals surface area contributed by atoms with E-state index in [9.17, 15) is 8.42 Å². The number of rotatable bonds is 4. The summed E-state index contributed by atoms with van der Waals surface area (Å²) in [6.07, 6.45) is 3.39. The molecule has 6 heteroatoms. The topological polar surface area (TPSA) is 64.0 Å². The zero-order valence-corrected chi connectivity index (χ0v) is 11.1. The highest BCUT2D eigenvalue weighted by atomic mass is 32.2. The summed E-state index contributed by atoms with van der Waals surface area (Å²) in [4.78, 5) is 0. The Labute approximate surface area is 102 Å². The molecule has 1 aliphatic rings. The molecule has 2 heterocycles. The molecule has 5 nitrogen and oxygen atoms in total. The molecule has 96 valence electrons. The number of aromatic nitrogens is 2. The summed E-state index contributed by atoms with van der Waals surface area (Å²) in [5, 5.41) is 4.46. The standard InChI is InChI=1S/C11H19N3O2S/c1-3-17(15,16)13-9(2)11-8-10-6-4-5-7-14(10)12-11/h8-9,13H,3-7H2,1-2H3. The molecule has 1 aromatic heterocycles. The first kappa shape index (κ1) is 12.6. The Morgan fingerprint density at radius 1 is 1.53 bits per heavy atom. The van der Waals surface area contributed by atoms with Crippen LogP contribution >= 0.6 is 0 Å². The summed E-state index contributed by atoms with van der Waals surface area (Å²) in [6.45, 7) is 4.41. The SMILES string of the molecule is CCS(=O)(=O)NC(C)c1cc2n(n1)CCCC2. The Bertz CT molecular complexity index is 469. The number of nitrogens with zero attached hydrogens (tertiary/aromatic N) is 2. The zero-order chi connectivity index (χ0) is 12.5. The van der Waals surface area contributed by atoms with Crippen molar-refractivity contribution < 1.29 is 8.42 Å². The van der Waals surface area contributed by atoms with Gasteiger partial charge in [0.1, 0.15) is 0 Å². The van der Waals surface area contributed by atoms with E-state index in [-0.39, 0.29) is 11.8 Å². The van der Waals surface area contributed by atoms with Crippen molar-refractivity contribution in [2.45, 2.75) is 45.7 Å². The van der Waals surface area contributed by atoms with Gasteiger partial charge in [0.15, 0.2) is 0 Å². The summed E-state index contributed by atoms with van der Waals surface area (Å²) < 4.78 is 27.6. The first-order chi connectivity index (χ1) is 8.02. The van der Waals surface area contributed by atoms with Crippen LogP contribution < -0.4 is 4.72 Å². The van der Waals surface area contributed by atoms with Gasteiger partial charge in [0, 0.05) is 12.2 Å². The molecule has 0 aliphatic carbocycles. The molecule has 17 heavy (non-hydrogen) atoms. The average molecular weight is 257 g/mol. The van der Waals surface area contributed by atoms with Gasteiger partial charge in [0.2, 0.25) is 10.0 Å². The van der Waals surface area contributed by atoms with E-state index in [0.29, 0.717) is 0 Å². The summed E-state index contributed by atoms with van der Waals surface area (Å²) in [6, 6.07) is 1.76. The lowest BCUT2D eigenvalue weighted by atomic mass is 10.1. The molecule has 0 amide bonds. The second kappa shape index (κ2) is 4.78. The number of hydrogen-bond donors (Lipinski definition) is 1. The van der Waals surface area contributed by atoms with Gasteiger partial charge < -0.3 is 0 Å². The van der Waals surface area contributed by atoms with Crippen LogP contribution in [0.25, 0.3) is 0 Å². The van der Waals surface area contributed by atoms with Crippen LogP contribution in [0.2, 0.25) is 0 Å². The number of aryl methyl sites for hydroxylation is 2. The molecule has 0 saturated carbocycles. The van der Waals surface area contributed by atoms with Crippen molar-refractivity contribution in [2.75, 3.05) is 5.75 Å². The zero-order valence-electron chi connectivity index (χ0n) is 10.3. The first-order valence-corrected chi connectivity index (χ1v) is 7.73. The summed E-state index contributed by atoms with van der Waals surface area (Å²) >= 11 is 0. The lowest BCUT2D eigenvalue weighted by molar-refractivity contribution is 0.479. The number of hydrogen-bond acceptors (Lipinski definition) is 3. The molecule has 0 aromatic carbocycles. The van der Waals surface area contributed by atoms with E-state index in [4.69, 9.17) is 0 Å². The van der Waals surface area contributed by atoms with Gasteiger partial charge in [-0.1, -0.05) is 0 Å². The van der Waals surface area contributed by atoms with Crippen LogP contribution in [-0.4, -0.2) is 24.0 Å². The Morgan fingerprint density at radius 3 is 2.94 bits per heavy atom. The highest BCUT2D eigenvalue weighted by Crippen LogP contribution is 2.19. The van der Waals surface area contributed by atoms with Crippen LogP contribution in [0.15, 0.2) is 6.07 Å². The van der Waals surface area contributed by atoms with Crippen molar-refractivity contribution in [2.24, 2.45) is 0 Å². The normalized spacial score (nSPS) is 17.8. The quantitative estimate of drug-likeness (QED) is 0.882. The molecule has 1 aliphatic heterocycles. The molecule has 1 atom stereocenters. The van der Waals surface area contributed by atoms with Crippen LogP contribution in [0.5, 0.6) is 0 Å². The summed E-state index contributed by atoms with van der Waals surface area (Å²) in [5.41, 5.74) is 2.03. The van der Waals surface area contributed by atoms with Crippen molar-refractivity contribution in [1.29, 1.82) is 0 Å². The van der Waals surface area contributed by atoms with E-state index in [2.05, 4.69) is 9.82 Å². The van der Waals surface area contributed by atoms with E-state index in [0.717, 1.165) is 25.1 Å². The smallest absolute Gasteiger partial charge is 0.211 e. The third-order valence-corrected chi connectivity index (χ3v) is 4.59. The van der Waals surface area contributed by atoms with E-state index >= 15 is 0 Å². The van der Waals surface area contributed by atoms with Crippen molar-refractivity contribution in [3.63, 3.8) is 0 Å². The predicted molar refractivity (Wildman–Crippen MR) is 66.2 cm³/mol. The third kappa shape index (κ3) is 2.87.